The summed E-state index contributed by atoms with van der Waals surface area (Å²) >= 11 is 0. The summed E-state index contributed by atoms with van der Waals surface area (Å²) in [6.45, 7) is 8.14. The van der Waals surface area contributed by atoms with Crippen LogP contribution in [0.5, 0.6) is 0 Å². The zero-order valence-electron chi connectivity index (χ0n) is 16.2. The third-order valence-corrected chi connectivity index (χ3v) is 5.08. The van der Waals surface area contributed by atoms with Gasteiger partial charge in [0.05, 0.1) is 17.1 Å². The second-order valence-corrected chi connectivity index (χ2v) is 7.35. The lowest BCUT2D eigenvalue weighted by Crippen LogP contribution is -2.49. The number of aromatic nitrogens is 5. The van der Waals surface area contributed by atoms with E-state index in [1.54, 1.807) is 12.4 Å². The molecule has 4 rings (SSSR count). The van der Waals surface area contributed by atoms with E-state index in [-0.39, 0.29) is 18.0 Å². The van der Waals surface area contributed by atoms with Crippen LogP contribution in [0.2, 0.25) is 0 Å². The second-order valence-electron chi connectivity index (χ2n) is 7.35. The Morgan fingerprint density at radius 1 is 1.37 bits per heavy atom. The summed E-state index contributed by atoms with van der Waals surface area (Å²) in [6, 6.07) is 1.95. The van der Waals surface area contributed by atoms with Crippen molar-refractivity contribution in [1.29, 1.82) is 0 Å². The average Bonchev–Trinajstić information content (AvgIpc) is 3.26. The van der Waals surface area contributed by atoms with E-state index in [4.69, 9.17) is 0 Å². The number of nitrogens with one attached hydrogen (secondary N) is 1. The Morgan fingerprint density at radius 3 is 2.89 bits per heavy atom. The smallest absolute Gasteiger partial charge is 0.255 e. The predicted molar refractivity (Wildman–Crippen MR) is 103 cm³/mol. The second kappa shape index (κ2) is 6.77. The Morgan fingerprint density at radius 2 is 2.19 bits per heavy atom. The molecule has 1 N–H and O–H groups in total. The minimum atomic E-state index is -0.102. The average molecular weight is 367 g/mol. The molecule has 1 saturated heterocycles. The van der Waals surface area contributed by atoms with Crippen molar-refractivity contribution >= 4 is 16.9 Å². The molecule has 27 heavy (non-hydrogen) atoms. The number of piperazine rings is 1. The summed E-state index contributed by atoms with van der Waals surface area (Å²) in [7, 11) is 1.96. The predicted octanol–water partition coefficient (Wildman–Crippen LogP) is 1.84. The largest absolute Gasteiger partial charge is 0.336 e. The lowest BCUT2D eigenvalue weighted by atomic mass is 10.1. The first-order valence-electron chi connectivity index (χ1n) is 9.31. The standard InChI is InChI=1S/C19H25N7O/c1-12(2)26-17-15(10-22-26)14(9-13(3)23-17)19(27)25-8-5-20-11-16(25)18-21-6-7-24(18)4/h6-7,9-10,12,16,20H,5,8,11H2,1-4H3. The fourth-order valence-corrected chi connectivity index (χ4v) is 3.73. The van der Waals surface area contributed by atoms with Gasteiger partial charge in [-0.3, -0.25) is 4.79 Å². The molecular weight excluding hydrogens is 342 g/mol. The van der Waals surface area contributed by atoms with E-state index in [0.29, 0.717) is 18.7 Å². The molecule has 0 aliphatic carbocycles. The molecule has 3 aromatic rings. The maximum atomic E-state index is 13.6. The number of hydrogen-bond acceptors (Lipinski definition) is 5. The molecule has 0 bridgehead atoms. The highest BCUT2D eigenvalue weighted by molar-refractivity contribution is 6.05. The van der Waals surface area contributed by atoms with Gasteiger partial charge in [-0.15, -0.1) is 0 Å². The zero-order valence-corrected chi connectivity index (χ0v) is 16.2. The fraction of sp³-hybridized carbons (Fsp3) is 0.474. The molecule has 0 aromatic carbocycles. The fourth-order valence-electron chi connectivity index (χ4n) is 3.73. The van der Waals surface area contributed by atoms with Gasteiger partial charge in [0.2, 0.25) is 0 Å². The molecule has 0 saturated carbocycles. The van der Waals surface area contributed by atoms with Crippen LogP contribution in [0, 0.1) is 6.92 Å². The third kappa shape index (κ3) is 2.99. The van der Waals surface area contributed by atoms with E-state index in [2.05, 4.69) is 34.2 Å². The lowest BCUT2D eigenvalue weighted by Gasteiger charge is -2.36. The third-order valence-electron chi connectivity index (χ3n) is 5.08. The van der Waals surface area contributed by atoms with E-state index < -0.39 is 0 Å². The Labute approximate surface area is 158 Å². The highest BCUT2D eigenvalue weighted by Gasteiger charge is 2.32. The minimum absolute atomic E-state index is 0.00306. The SMILES string of the molecule is Cc1cc(C(=O)N2CCNCC2c2nccn2C)c2cnn(C(C)C)c2n1. The monoisotopic (exact) mass is 367 g/mol. The molecule has 1 fully saturated rings. The Hall–Kier alpha value is -2.74. The number of fused-ring (bicyclic) bond motifs is 1. The van der Waals surface area contributed by atoms with Gasteiger partial charge in [0.25, 0.3) is 5.91 Å². The van der Waals surface area contributed by atoms with Crippen LogP contribution in [0.15, 0.2) is 24.7 Å². The van der Waals surface area contributed by atoms with Crippen LogP contribution in [-0.2, 0) is 7.05 Å². The number of aryl methyl sites for hydroxylation is 2. The van der Waals surface area contributed by atoms with E-state index in [9.17, 15) is 4.79 Å². The Bertz CT molecular complexity index is 987. The normalized spacial score (nSPS) is 17.8. The topological polar surface area (TPSA) is 80.9 Å². The van der Waals surface area contributed by atoms with Crippen LogP contribution < -0.4 is 5.32 Å². The van der Waals surface area contributed by atoms with Crippen LogP contribution >= 0.6 is 0 Å². The van der Waals surface area contributed by atoms with Crippen molar-refractivity contribution in [3.8, 4) is 0 Å². The molecule has 0 radical (unpaired) electrons. The highest BCUT2D eigenvalue weighted by atomic mass is 16.2. The van der Waals surface area contributed by atoms with Crippen molar-refractivity contribution in [2.45, 2.75) is 32.9 Å². The molecule has 142 valence electrons. The number of amides is 1. The van der Waals surface area contributed by atoms with E-state index >= 15 is 0 Å². The number of pyridine rings is 1. The van der Waals surface area contributed by atoms with Crippen molar-refractivity contribution in [2.24, 2.45) is 7.05 Å². The van der Waals surface area contributed by atoms with Crippen molar-refractivity contribution in [1.82, 2.24) is 34.5 Å². The van der Waals surface area contributed by atoms with Gasteiger partial charge in [0.1, 0.15) is 11.9 Å². The lowest BCUT2D eigenvalue weighted by molar-refractivity contribution is 0.0622. The van der Waals surface area contributed by atoms with Crippen LogP contribution in [0.3, 0.4) is 0 Å². The quantitative estimate of drug-likeness (QED) is 0.764. The Kier molecular flexibility index (Phi) is 4.43. The number of carbonyl (C=O) groups excluding carboxylic acids is 1. The highest BCUT2D eigenvalue weighted by Crippen LogP contribution is 2.27. The summed E-state index contributed by atoms with van der Waals surface area (Å²) < 4.78 is 3.84. The number of hydrogen-bond donors (Lipinski definition) is 1. The van der Waals surface area contributed by atoms with Gasteiger partial charge in [-0.05, 0) is 26.8 Å². The van der Waals surface area contributed by atoms with Gasteiger partial charge in [0.15, 0.2) is 5.65 Å². The molecule has 0 spiro atoms. The maximum absolute atomic E-state index is 13.6. The van der Waals surface area contributed by atoms with Gasteiger partial charge in [-0.25, -0.2) is 14.6 Å². The molecule has 1 atom stereocenters. The van der Waals surface area contributed by atoms with Gasteiger partial charge >= 0.3 is 0 Å². The molecule has 3 aromatic heterocycles. The molecule has 8 nitrogen and oxygen atoms in total. The van der Waals surface area contributed by atoms with E-state index in [0.717, 1.165) is 29.1 Å². The van der Waals surface area contributed by atoms with Crippen molar-refractivity contribution in [2.75, 3.05) is 19.6 Å². The first kappa shape index (κ1) is 17.7. The number of nitrogens with zero attached hydrogens (tertiary/aromatic N) is 6. The number of imidazole rings is 1. The van der Waals surface area contributed by atoms with Gasteiger partial charge < -0.3 is 14.8 Å². The summed E-state index contributed by atoms with van der Waals surface area (Å²) in [6.07, 6.45) is 5.44. The molecular formula is C19H25N7O. The van der Waals surface area contributed by atoms with Crippen molar-refractivity contribution in [3.63, 3.8) is 0 Å². The van der Waals surface area contributed by atoms with Gasteiger partial charge in [-0.1, -0.05) is 0 Å². The van der Waals surface area contributed by atoms with Crippen molar-refractivity contribution < 1.29 is 4.79 Å². The first-order valence-corrected chi connectivity index (χ1v) is 9.31. The molecule has 1 amide bonds. The minimum Gasteiger partial charge on any atom is -0.336 e. The summed E-state index contributed by atoms with van der Waals surface area (Å²) in [5.74, 6) is 0.888. The molecule has 8 heteroatoms. The zero-order chi connectivity index (χ0) is 19.1. The number of carbonyl (C=O) groups is 1. The number of rotatable bonds is 3. The van der Waals surface area contributed by atoms with Crippen LogP contribution in [0.4, 0.5) is 0 Å². The van der Waals surface area contributed by atoms with Crippen LogP contribution in [0.1, 0.15) is 47.8 Å². The van der Waals surface area contributed by atoms with Crippen LogP contribution in [-0.4, -0.2) is 54.8 Å². The Balaban J connectivity index is 1.78. The van der Waals surface area contributed by atoms with Gasteiger partial charge in [0, 0.05) is 50.8 Å². The van der Waals surface area contributed by atoms with E-state index in [1.165, 1.54) is 0 Å². The van der Waals surface area contributed by atoms with Crippen LogP contribution in [0.25, 0.3) is 11.0 Å². The maximum Gasteiger partial charge on any atom is 0.255 e. The summed E-state index contributed by atoms with van der Waals surface area (Å²) in [5.41, 5.74) is 2.24. The van der Waals surface area contributed by atoms with Crippen molar-refractivity contribution in [3.05, 3.63) is 41.7 Å². The molecule has 4 heterocycles. The molecule has 1 aliphatic rings. The molecule has 1 aliphatic heterocycles. The van der Waals surface area contributed by atoms with Gasteiger partial charge in [-0.2, -0.15) is 5.10 Å². The van der Waals surface area contributed by atoms with E-state index in [1.807, 2.05) is 40.4 Å². The summed E-state index contributed by atoms with van der Waals surface area (Å²) in [4.78, 5) is 24.6. The molecule has 1 unspecified atom stereocenters. The first-order chi connectivity index (χ1) is 13.0. The summed E-state index contributed by atoms with van der Waals surface area (Å²) in [5, 5.41) is 8.64.